The molecule has 1 saturated heterocycles. The maximum absolute atomic E-state index is 10.5. The average Bonchev–Trinajstić information content (AvgIpc) is 2.40. The van der Waals surface area contributed by atoms with E-state index in [0.717, 1.165) is 5.82 Å². The van der Waals surface area contributed by atoms with Crippen LogP contribution < -0.4 is 9.64 Å². The number of hydrogen-bond acceptors (Lipinski definition) is 5. The van der Waals surface area contributed by atoms with Crippen molar-refractivity contribution in [2.45, 2.75) is 25.4 Å². The van der Waals surface area contributed by atoms with Gasteiger partial charge in [0.15, 0.2) is 0 Å². The van der Waals surface area contributed by atoms with E-state index in [1.807, 2.05) is 37.1 Å². The highest BCUT2D eigenvalue weighted by Crippen LogP contribution is 2.24. The zero-order valence-electron chi connectivity index (χ0n) is 11.6. The Balaban J connectivity index is 2.02. The van der Waals surface area contributed by atoms with E-state index >= 15 is 0 Å². The second-order valence-corrected chi connectivity index (χ2v) is 4.96. The molecular formula is C14H22N2O3. The molecular weight excluding hydrogens is 244 g/mol. The number of hydrogen-bond donors (Lipinski definition) is 1. The fourth-order valence-corrected chi connectivity index (χ4v) is 2.28. The minimum absolute atomic E-state index is 0.555. The van der Waals surface area contributed by atoms with E-state index in [2.05, 4.69) is 4.98 Å². The molecule has 0 spiro atoms. The molecule has 0 unspecified atom stereocenters. The Kier molecular flexibility index (Phi) is 4.61. The second-order valence-electron chi connectivity index (χ2n) is 4.96. The van der Waals surface area contributed by atoms with E-state index in [1.165, 1.54) is 0 Å². The standard InChI is InChI=1S/C14H22N2O3/c1-3-19-13-6-4-5-12(15-13)16(2)11-14(17)7-9-18-10-8-14/h4-6,17H,3,7-11H2,1-2H3. The number of anilines is 1. The third-order valence-corrected chi connectivity index (χ3v) is 3.35. The summed E-state index contributed by atoms with van der Waals surface area (Å²) in [7, 11) is 1.94. The van der Waals surface area contributed by atoms with Crippen LogP contribution in [-0.2, 0) is 4.74 Å². The molecule has 1 aromatic rings. The van der Waals surface area contributed by atoms with Gasteiger partial charge in [-0.3, -0.25) is 0 Å². The summed E-state index contributed by atoms with van der Waals surface area (Å²) in [6.07, 6.45) is 1.34. The van der Waals surface area contributed by atoms with E-state index in [1.54, 1.807) is 0 Å². The zero-order chi connectivity index (χ0) is 13.7. The van der Waals surface area contributed by atoms with Crippen LogP contribution in [0.25, 0.3) is 0 Å². The number of rotatable bonds is 5. The van der Waals surface area contributed by atoms with Crippen molar-refractivity contribution in [1.29, 1.82) is 0 Å². The zero-order valence-corrected chi connectivity index (χ0v) is 11.6. The second kappa shape index (κ2) is 6.21. The molecule has 0 bridgehead atoms. The summed E-state index contributed by atoms with van der Waals surface area (Å²) < 4.78 is 10.7. The topological polar surface area (TPSA) is 54.8 Å². The lowest BCUT2D eigenvalue weighted by Gasteiger charge is -2.35. The Bertz CT molecular complexity index is 405. The lowest BCUT2D eigenvalue weighted by Crippen LogP contribution is -2.46. The number of ether oxygens (including phenoxy) is 2. The van der Waals surface area contributed by atoms with Crippen molar-refractivity contribution in [2.24, 2.45) is 0 Å². The normalized spacial score (nSPS) is 18.1. The predicted molar refractivity (Wildman–Crippen MR) is 73.7 cm³/mol. The SMILES string of the molecule is CCOc1cccc(N(C)CC2(O)CCOCC2)n1. The van der Waals surface area contributed by atoms with Crippen LogP contribution in [0.1, 0.15) is 19.8 Å². The molecule has 1 fully saturated rings. The van der Waals surface area contributed by atoms with Crippen molar-refractivity contribution in [2.75, 3.05) is 38.3 Å². The number of aromatic nitrogens is 1. The quantitative estimate of drug-likeness (QED) is 0.874. The van der Waals surface area contributed by atoms with E-state index in [4.69, 9.17) is 9.47 Å². The average molecular weight is 266 g/mol. The van der Waals surface area contributed by atoms with Gasteiger partial charge in [0.1, 0.15) is 5.82 Å². The third kappa shape index (κ3) is 3.81. The van der Waals surface area contributed by atoms with Crippen LogP contribution >= 0.6 is 0 Å². The molecule has 5 nitrogen and oxygen atoms in total. The van der Waals surface area contributed by atoms with Crippen molar-refractivity contribution in [3.8, 4) is 5.88 Å². The van der Waals surface area contributed by atoms with E-state index < -0.39 is 5.60 Å². The summed E-state index contributed by atoms with van der Waals surface area (Å²) in [6.45, 7) is 4.33. The largest absolute Gasteiger partial charge is 0.478 e. The van der Waals surface area contributed by atoms with Gasteiger partial charge in [0.25, 0.3) is 0 Å². The summed E-state index contributed by atoms with van der Waals surface area (Å²) in [5.41, 5.74) is -0.684. The Labute approximate surface area is 114 Å². The molecule has 1 aromatic heterocycles. The highest BCUT2D eigenvalue weighted by Gasteiger charge is 2.31. The van der Waals surface area contributed by atoms with Crippen molar-refractivity contribution in [3.63, 3.8) is 0 Å². The number of likely N-dealkylation sites (N-methyl/N-ethyl adjacent to an activating group) is 1. The van der Waals surface area contributed by atoms with Gasteiger partial charge in [-0.1, -0.05) is 6.07 Å². The van der Waals surface area contributed by atoms with E-state index in [-0.39, 0.29) is 0 Å². The highest BCUT2D eigenvalue weighted by molar-refractivity contribution is 5.40. The van der Waals surface area contributed by atoms with Crippen molar-refractivity contribution in [3.05, 3.63) is 18.2 Å². The van der Waals surface area contributed by atoms with Gasteiger partial charge in [-0.2, -0.15) is 4.98 Å². The third-order valence-electron chi connectivity index (χ3n) is 3.35. The summed E-state index contributed by atoms with van der Waals surface area (Å²) in [6, 6.07) is 5.67. The summed E-state index contributed by atoms with van der Waals surface area (Å²) >= 11 is 0. The van der Waals surface area contributed by atoms with E-state index in [0.29, 0.717) is 45.1 Å². The van der Waals surface area contributed by atoms with E-state index in [9.17, 15) is 5.11 Å². The highest BCUT2D eigenvalue weighted by atomic mass is 16.5. The fourth-order valence-electron chi connectivity index (χ4n) is 2.28. The van der Waals surface area contributed by atoms with Crippen LogP contribution in [0, 0.1) is 0 Å². The summed E-state index contributed by atoms with van der Waals surface area (Å²) in [5, 5.41) is 10.5. The first-order valence-corrected chi connectivity index (χ1v) is 6.74. The number of nitrogens with zero attached hydrogens (tertiary/aromatic N) is 2. The first-order valence-electron chi connectivity index (χ1n) is 6.74. The van der Waals surface area contributed by atoms with Crippen molar-refractivity contribution in [1.82, 2.24) is 4.98 Å². The minimum Gasteiger partial charge on any atom is -0.478 e. The lowest BCUT2D eigenvalue weighted by atomic mass is 9.94. The maximum Gasteiger partial charge on any atom is 0.215 e. The summed E-state index contributed by atoms with van der Waals surface area (Å²) in [5.74, 6) is 1.43. The molecule has 2 rings (SSSR count). The van der Waals surface area contributed by atoms with Gasteiger partial charge in [0, 0.05) is 45.7 Å². The maximum atomic E-state index is 10.5. The Morgan fingerprint density at radius 3 is 2.84 bits per heavy atom. The van der Waals surface area contributed by atoms with Crippen LogP contribution in [0.5, 0.6) is 5.88 Å². The van der Waals surface area contributed by atoms with Gasteiger partial charge < -0.3 is 19.5 Å². The molecule has 0 radical (unpaired) electrons. The number of aliphatic hydroxyl groups is 1. The Morgan fingerprint density at radius 1 is 1.42 bits per heavy atom. The van der Waals surface area contributed by atoms with Gasteiger partial charge >= 0.3 is 0 Å². The van der Waals surface area contributed by atoms with Gasteiger partial charge in [-0.25, -0.2) is 0 Å². The Morgan fingerprint density at radius 2 is 2.16 bits per heavy atom. The minimum atomic E-state index is -0.684. The van der Waals surface area contributed by atoms with Gasteiger partial charge in [-0.15, -0.1) is 0 Å². The van der Waals surface area contributed by atoms with Crippen LogP contribution in [0.2, 0.25) is 0 Å². The summed E-state index contributed by atoms with van der Waals surface area (Å²) in [4.78, 5) is 6.39. The van der Waals surface area contributed by atoms with Crippen molar-refractivity contribution >= 4 is 5.82 Å². The first kappa shape index (κ1) is 14.1. The van der Waals surface area contributed by atoms with Crippen LogP contribution in [0.3, 0.4) is 0 Å². The van der Waals surface area contributed by atoms with Crippen LogP contribution in [0.15, 0.2) is 18.2 Å². The smallest absolute Gasteiger partial charge is 0.215 e. The fraction of sp³-hybridized carbons (Fsp3) is 0.643. The molecule has 0 saturated carbocycles. The predicted octanol–water partition coefficient (Wildman–Crippen LogP) is 1.46. The molecule has 1 aliphatic rings. The van der Waals surface area contributed by atoms with Crippen LogP contribution in [-0.4, -0.2) is 49.1 Å². The molecule has 0 aromatic carbocycles. The molecule has 106 valence electrons. The van der Waals surface area contributed by atoms with Crippen LogP contribution in [0.4, 0.5) is 5.82 Å². The molecule has 1 aliphatic heterocycles. The molecule has 0 amide bonds. The van der Waals surface area contributed by atoms with Crippen molar-refractivity contribution < 1.29 is 14.6 Å². The molecule has 19 heavy (non-hydrogen) atoms. The molecule has 0 atom stereocenters. The van der Waals surface area contributed by atoms with Gasteiger partial charge in [-0.05, 0) is 13.0 Å². The number of pyridine rings is 1. The van der Waals surface area contributed by atoms with Gasteiger partial charge in [0.2, 0.25) is 5.88 Å². The first-order chi connectivity index (χ1) is 9.13. The Hall–Kier alpha value is -1.33. The van der Waals surface area contributed by atoms with Gasteiger partial charge in [0.05, 0.1) is 12.2 Å². The molecule has 0 aliphatic carbocycles. The monoisotopic (exact) mass is 266 g/mol. The molecule has 2 heterocycles. The molecule has 1 N–H and O–H groups in total. The molecule has 5 heteroatoms. The lowest BCUT2D eigenvalue weighted by molar-refractivity contribution is -0.0573.